The number of amides is 1. The highest BCUT2D eigenvalue weighted by Crippen LogP contribution is 2.38. The van der Waals surface area contributed by atoms with Crippen LogP contribution in [0.15, 0.2) is 73.0 Å². The van der Waals surface area contributed by atoms with Gasteiger partial charge in [0.2, 0.25) is 10.8 Å². The largest absolute Gasteiger partial charge is 0.495 e. The van der Waals surface area contributed by atoms with Crippen LogP contribution in [0.5, 0.6) is 5.75 Å². The summed E-state index contributed by atoms with van der Waals surface area (Å²) in [5.41, 5.74) is 0.859. The van der Waals surface area contributed by atoms with Crippen molar-refractivity contribution in [3.63, 3.8) is 0 Å². The number of allylic oxidation sites excluding steroid dienone is 2. The third-order valence-corrected chi connectivity index (χ3v) is 7.89. The summed E-state index contributed by atoms with van der Waals surface area (Å²) < 4.78 is 34.0. The van der Waals surface area contributed by atoms with Crippen LogP contribution in [-0.2, 0) is 21.4 Å². The summed E-state index contributed by atoms with van der Waals surface area (Å²) in [6.07, 6.45) is 7.65. The van der Waals surface area contributed by atoms with Crippen LogP contribution in [0.3, 0.4) is 0 Å². The fraction of sp³-hybridized carbons (Fsp3) is 0.333. The van der Waals surface area contributed by atoms with E-state index >= 15 is 0 Å². The molecule has 1 amide bonds. The average molecular weight is 472 g/mol. The molecule has 0 bridgehead atoms. The number of para-hydroxylation sites is 2. The topological polar surface area (TPSA) is 100 Å². The highest BCUT2D eigenvalue weighted by molar-refractivity contribution is 7.94. The number of rotatable bonds is 9. The molecule has 1 aliphatic rings. The van der Waals surface area contributed by atoms with E-state index in [1.807, 2.05) is 13.0 Å². The molecule has 1 heterocycles. The smallest absolute Gasteiger partial charge is 0.270 e. The Labute approximate surface area is 194 Å². The number of sulfonamides is 1. The molecule has 0 aliphatic heterocycles. The minimum absolute atomic E-state index is 0.172. The van der Waals surface area contributed by atoms with Crippen LogP contribution in [0, 0.1) is 5.92 Å². The van der Waals surface area contributed by atoms with Gasteiger partial charge in [-0.1, -0.05) is 43.4 Å². The van der Waals surface area contributed by atoms with Gasteiger partial charge in [0.1, 0.15) is 12.3 Å². The number of aromatic nitrogens is 1. The van der Waals surface area contributed by atoms with Crippen LogP contribution in [0.1, 0.15) is 19.5 Å². The van der Waals surface area contributed by atoms with Crippen molar-refractivity contribution in [3.05, 3.63) is 78.7 Å². The third-order valence-electron chi connectivity index (χ3n) is 5.65. The van der Waals surface area contributed by atoms with Crippen LogP contribution in [0.4, 0.5) is 5.69 Å². The van der Waals surface area contributed by atoms with Gasteiger partial charge in [0.05, 0.1) is 25.0 Å². The van der Waals surface area contributed by atoms with Crippen LogP contribution in [0.2, 0.25) is 0 Å². The minimum Gasteiger partial charge on any atom is -0.495 e. The Morgan fingerprint density at radius 2 is 1.91 bits per heavy atom. The molecule has 0 saturated heterocycles. The zero-order chi connectivity index (χ0) is 24.1. The van der Waals surface area contributed by atoms with Crippen LogP contribution in [-0.4, -0.2) is 54.4 Å². The molecule has 0 radical (unpaired) electrons. The average Bonchev–Trinajstić information content (AvgIpc) is 2.83. The van der Waals surface area contributed by atoms with Gasteiger partial charge in [0.25, 0.3) is 10.0 Å². The Morgan fingerprint density at radius 3 is 2.55 bits per heavy atom. The number of methoxy groups -OCH3 is 1. The van der Waals surface area contributed by atoms with Crippen molar-refractivity contribution >= 4 is 21.6 Å². The summed E-state index contributed by atoms with van der Waals surface area (Å²) in [5, 5.41) is 11.3. The number of anilines is 1. The number of carbonyl (C=O) groups is 1. The van der Waals surface area contributed by atoms with Crippen molar-refractivity contribution in [2.75, 3.05) is 24.5 Å². The highest BCUT2D eigenvalue weighted by Gasteiger charge is 2.49. The lowest BCUT2D eigenvalue weighted by molar-refractivity contribution is -0.130. The maximum Gasteiger partial charge on any atom is 0.270 e. The molecule has 33 heavy (non-hydrogen) atoms. The molecular formula is C24H29N3O5S. The highest BCUT2D eigenvalue weighted by atomic mass is 32.2. The van der Waals surface area contributed by atoms with Gasteiger partial charge in [-0.3, -0.25) is 14.1 Å². The molecule has 0 spiro atoms. The van der Waals surface area contributed by atoms with E-state index in [1.54, 1.807) is 61.7 Å². The second kappa shape index (κ2) is 10.2. The first-order valence-electron chi connectivity index (χ1n) is 10.7. The van der Waals surface area contributed by atoms with Gasteiger partial charge < -0.3 is 14.7 Å². The molecule has 2 aromatic rings. The van der Waals surface area contributed by atoms with E-state index in [1.165, 1.54) is 24.2 Å². The fourth-order valence-electron chi connectivity index (χ4n) is 3.63. The molecular weight excluding hydrogens is 442 g/mol. The van der Waals surface area contributed by atoms with Crippen LogP contribution >= 0.6 is 0 Å². The Morgan fingerprint density at radius 1 is 1.18 bits per heavy atom. The van der Waals surface area contributed by atoms with Crippen molar-refractivity contribution in [2.45, 2.75) is 25.3 Å². The molecule has 0 saturated carbocycles. The van der Waals surface area contributed by atoms with Crippen LogP contribution < -0.4 is 9.04 Å². The summed E-state index contributed by atoms with van der Waals surface area (Å²) in [7, 11) is -3.04. The maximum absolute atomic E-state index is 13.8. The fourth-order valence-corrected chi connectivity index (χ4v) is 5.48. The van der Waals surface area contributed by atoms with Gasteiger partial charge in [-0.2, -0.15) is 0 Å². The summed E-state index contributed by atoms with van der Waals surface area (Å²) >= 11 is 0. The zero-order valence-electron chi connectivity index (χ0n) is 19.0. The summed E-state index contributed by atoms with van der Waals surface area (Å²) in [5.74, 6) is -0.881. The first kappa shape index (κ1) is 24.5. The molecule has 1 aromatic carbocycles. The number of hydrogen-bond acceptors (Lipinski definition) is 6. The Bertz CT molecular complexity index is 1130. The van der Waals surface area contributed by atoms with E-state index in [9.17, 15) is 18.3 Å². The quantitative estimate of drug-likeness (QED) is 0.604. The third kappa shape index (κ3) is 4.94. The molecule has 1 aromatic heterocycles. The molecule has 176 valence electrons. The van der Waals surface area contributed by atoms with Crippen LogP contribution in [0.25, 0.3) is 0 Å². The summed E-state index contributed by atoms with van der Waals surface area (Å²) in [6, 6.07) is 11.9. The lowest BCUT2D eigenvalue weighted by Crippen LogP contribution is -2.54. The first-order chi connectivity index (χ1) is 15.7. The first-order valence-corrected chi connectivity index (χ1v) is 12.1. The van der Waals surface area contributed by atoms with Crippen molar-refractivity contribution in [1.82, 2.24) is 9.88 Å². The second-order valence-electron chi connectivity index (χ2n) is 7.70. The SMILES string of the molecule is CCN(Cc1ccccn1)C(=O)CN(c1ccccc1OC)S(=O)(=O)C1(O)C=CC=CC1C. The number of hydrogen-bond donors (Lipinski definition) is 1. The van der Waals surface area contributed by atoms with E-state index in [0.29, 0.717) is 12.2 Å². The van der Waals surface area contributed by atoms with Crippen molar-refractivity contribution in [2.24, 2.45) is 5.92 Å². The molecule has 9 heteroatoms. The van der Waals surface area contributed by atoms with Crippen molar-refractivity contribution < 1.29 is 23.1 Å². The molecule has 0 fully saturated rings. The van der Waals surface area contributed by atoms with Gasteiger partial charge in [-0.25, -0.2) is 8.42 Å². The molecule has 1 N–H and O–H groups in total. The normalized spacial score (nSPS) is 19.8. The van der Waals surface area contributed by atoms with E-state index in [2.05, 4.69) is 4.98 Å². The standard InChI is InChI=1S/C24H29N3O5S/c1-4-26(17-20-12-8-10-16-25-20)23(28)18-27(21-13-5-6-14-22(21)32-3)33(30,31)24(29)15-9-7-11-19(24)2/h5-16,19,29H,4,17-18H2,1-3H3. The number of ether oxygens (including phenoxy) is 1. The summed E-state index contributed by atoms with van der Waals surface area (Å²) in [4.78, 5) is 16.9. The number of pyridine rings is 1. The number of benzene rings is 1. The van der Waals surface area contributed by atoms with Gasteiger partial charge >= 0.3 is 0 Å². The van der Waals surface area contributed by atoms with E-state index in [-0.39, 0.29) is 18.0 Å². The molecule has 3 rings (SSSR count). The minimum atomic E-state index is -4.46. The lowest BCUT2D eigenvalue weighted by Gasteiger charge is -2.37. The Kier molecular flexibility index (Phi) is 7.55. The molecule has 8 nitrogen and oxygen atoms in total. The van der Waals surface area contributed by atoms with Gasteiger partial charge in [-0.05, 0) is 37.3 Å². The van der Waals surface area contributed by atoms with E-state index in [4.69, 9.17) is 4.74 Å². The zero-order valence-corrected chi connectivity index (χ0v) is 19.8. The van der Waals surface area contributed by atoms with E-state index < -0.39 is 33.3 Å². The predicted molar refractivity (Wildman–Crippen MR) is 127 cm³/mol. The van der Waals surface area contributed by atoms with Crippen molar-refractivity contribution in [1.29, 1.82) is 0 Å². The lowest BCUT2D eigenvalue weighted by atomic mass is 9.99. The second-order valence-corrected chi connectivity index (χ2v) is 9.74. The molecule has 2 atom stereocenters. The van der Waals surface area contributed by atoms with E-state index in [0.717, 1.165) is 4.31 Å². The van der Waals surface area contributed by atoms with Gasteiger partial charge in [0.15, 0.2) is 0 Å². The number of nitrogens with zero attached hydrogens (tertiary/aromatic N) is 3. The van der Waals surface area contributed by atoms with Gasteiger partial charge in [-0.15, -0.1) is 0 Å². The summed E-state index contributed by atoms with van der Waals surface area (Å²) in [6.45, 7) is 3.51. The van der Waals surface area contributed by atoms with Crippen molar-refractivity contribution in [3.8, 4) is 5.75 Å². The number of carbonyl (C=O) groups excluding carboxylic acids is 1. The molecule has 2 unspecified atom stereocenters. The maximum atomic E-state index is 13.8. The number of aliphatic hydroxyl groups is 1. The van der Waals surface area contributed by atoms with Gasteiger partial charge in [0, 0.05) is 18.7 Å². The number of likely N-dealkylation sites (N-methyl/N-ethyl adjacent to an activating group) is 1. The Balaban J connectivity index is 2.02. The molecule has 1 aliphatic carbocycles. The predicted octanol–water partition coefficient (Wildman–Crippen LogP) is 2.73. The monoisotopic (exact) mass is 471 g/mol. The Hall–Kier alpha value is -3.17.